The molecule has 4 heteroatoms. The molecule has 3 rings (SSSR count). The first-order chi connectivity index (χ1) is 11.2. The summed E-state index contributed by atoms with van der Waals surface area (Å²) in [6.07, 6.45) is 10.5. The highest BCUT2D eigenvalue weighted by molar-refractivity contribution is 5.78. The quantitative estimate of drug-likeness (QED) is 0.603. The second-order valence-electron chi connectivity index (χ2n) is 8.35. The van der Waals surface area contributed by atoms with E-state index in [0.717, 1.165) is 30.4 Å². The zero-order valence-corrected chi connectivity index (χ0v) is 14.8. The Labute approximate surface area is 143 Å². The molecule has 2 fully saturated rings. The molecule has 2 bridgehead atoms. The van der Waals surface area contributed by atoms with Crippen LogP contribution in [0.1, 0.15) is 46.5 Å². The monoisotopic (exact) mass is 332 g/mol. The number of aliphatic hydroxyl groups is 2. The van der Waals surface area contributed by atoms with Gasteiger partial charge in [-0.3, -0.25) is 4.79 Å². The summed E-state index contributed by atoms with van der Waals surface area (Å²) in [6, 6.07) is 0. The molecule has 0 aromatic rings. The lowest BCUT2D eigenvalue weighted by Crippen LogP contribution is -2.37. The molecular weight excluding hydrogens is 304 g/mol. The van der Waals surface area contributed by atoms with Gasteiger partial charge in [0.15, 0.2) is 0 Å². The number of hydrogen-bond acceptors (Lipinski definition) is 4. The number of hydrogen-bond donors (Lipinski definition) is 2. The number of cyclic esters (lactones) is 1. The molecule has 0 amide bonds. The second-order valence-corrected chi connectivity index (χ2v) is 8.35. The summed E-state index contributed by atoms with van der Waals surface area (Å²) < 4.78 is 5.44. The van der Waals surface area contributed by atoms with Crippen molar-refractivity contribution in [2.75, 3.05) is 6.61 Å². The van der Waals surface area contributed by atoms with Crippen molar-refractivity contribution in [3.63, 3.8) is 0 Å². The maximum absolute atomic E-state index is 12.4. The largest absolute Gasteiger partial charge is 0.461 e. The third kappa shape index (κ3) is 3.35. The summed E-state index contributed by atoms with van der Waals surface area (Å²) in [5.41, 5.74) is 1.23. The fourth-order valence-electron chi connectivity index (χ4n) is 4.25. The predicted octanol–water partition coefficient (Wildman–Crippen LogP) is 2.91. The van der Waals surface area contributed by atoms with Crippen LogP contribution in [0, 0.1) is 17.3 Å². The Morgan fingerprint density at radius 2 is 2.17 bits per heavy atom. The van der Waals surface area contributed by atoms with E-state index in [0.29, 0.717) is 13.0 Å². The minimum atomic E-state index is -0.859. The van der Waals surface area contributed by atoms with Crippen molar-refractivity contribution in [1.82, 2.24) is 0 Å². The van der Waals surface area contributed by atoms with Gasteiger partial charge in [0, 0.05) is 5.92 Å². The van der Waals surface area contributed by atoms with Gasteiger partial charge >= 0.3 is 5.97 Å². The molecule has 0 spiro atoms. The van der Waals surface area contributed by atoms with E-state index in [9.17, 15) is 15.0 Å². The van der Waals surface area contributed by atoms with Crippen LogP contribution >= 0.6 is 0 Å². The third-order valence-corrected chi connectivity index (χ3v) is 5.77. The van der Waals surface area contributed by atoms with Gasteiger partial charge in [-0.15, -0.1) is 0 Å². The average Bonchev–Trinajstić information content (AvgIpc) is 2.61. The number of rotatable bonds is 2. The van der Waals surface area contributed by atoms with Crippen molar-refractivity contribution in [3.8, 4) is 0 Å². The van der Waals surface area contributed by atoms with Crippen molar-refractivity contribution in [3.05, 3.63) is 35.5 Å². The van der Waals surface area contributed by atoms with E-state index in [1.165, 1.54) is 0 Å². The lowest BCUT2D eigenvalue weighted by atomic mass is 9.71. The van der Waals surface area contributed by atoms with Crippen LogP contribution in [-0.4, -0.2) is 34.5 Å². The second kappa shape index (κ2) is 6.16. The van der Waals surface area contributed by atoms with Gasteiger partial charge in [0.2, 0.25) is 0 Å². The maximum Gasteiger partial charge on any atom is 0.314 e. The zero-order chi connectivity index (χ0) is 17.5. The lowest BCUT2D eigenvalue weighted by Gasteiger charge is -2.37. The van der Waals surface area contributed by atoms with Gasteiger partial charge < -0.3 is 14.9 Å². The lowest BCUT2D eigenvalue weighted by molar-refractivity contribution is -0.151. The number of carbonyl (C=O) groups excluding carboxylic acids is 1. The topological polar surface area (TPSA) is 66.8 Å². The van der Waals surface area contributed by atoms with Crippen LogP contribution in [0.2, 0.25) is 0 Å². The van der Waals surface area contributed by atoms with Crippen molar-refractivity contribution >= 4 is 5.97 Å². The van der Waals surface area contributed by atoms with Crippen LogP contribution in [0.4, 0.5) is 0 Å². The van der Waals surface area contributed by atoms with E-state index >= 15 is 0 Å². The highest BCUT2D eigenvalue weighted by Gasteiger charge is 2.48. The summed E-state index contributed by atoms with van der Waals surface area (Å²) in [5.74, 6) is -0.207. The van der Waals surface area contributed by atoms with Crippen molar-refractivity contribution in [2.24, 2.45) is 17.3 Å². The highest BCUT2D eigenvalue weighted by atomic mass is 16.5. The SMILES string of the molecule is CC(C)(O)C=CC=C1COC(=O)C2C3=CCC(O)C(C)(CCC12)C3. The summed E-state index contributed by atoms with van der Waals surface area (Å²) in [7, 11) is 0. The molecular formula is C20H28O4. The van der Waals surface area contributed by atoms with Gasteiger partial charge in [-0.05, 0) is 50.5 Å². The minimum absolute atomic E-state index is 0.129. The van der Waals surface area contributed by atoms with Crippen molar-refractivity contribution in [2.45, 2.75) is 58.2 Å². The molecule has 1 aliphatic heterocycles. The van der Waals surface area contributed by atoms with Crippen LogP contribution in [0.3, 0.4) is 0 Å². The Kier molecular flexibility index (Phi) is 4.47. The van der Waals surface area contributed by atoms with Crippen LogP contribution in [0.5, 0.6) is 0 Å². The molecule has 4 unspecified atom stereocenters. The molecule has 4 atom stereocenters. The normalized spacial score (nSPS) is 38.5. The van der Waals surface area contributed by atoms with E-state index in [2.05, 4.69) is 6.92 Å². The number of esters is 1. The Morgan fingerprint density at radius 1 is 1.42 bits per heavy atom. The molecule has 1 saturated heterocycles. The number of fused-ring (bicyclic) bond motifs is 4. The summed E-state index contributed by atoms with van der Waals surface area (Å²) in [6.45, 7) is 5.91. The van der Waals surface area contributed by atoms with Gasteiger partial charge in [-0.25, -0.2) is 0 Å². The van der Waals surface area contributed by atoms with Crippen molar-refractivity contribution in [1.29, 1.82) is 0 Å². The Morgan fingerprint density at radius 3 is 2.88 bits per heavy atom. The van der Waals surface area contributed by atoms with E-state index in [-0.39, 0.29) is 29.3 Å². The number of allylic oxidation sites excluding steroid dienone is 2. The average molecular weight is 332 g/mol. The summed E-state index contributed by atoms with van der Waals surface area (Å²) >= 11 is 0. The molecule has 132 valence electrons. The summed E-state index contributed by atoms with van der Waals surface area (Å²) in [5, 5.41) is 20.2. The van der Waals surface area contributed by atoms with E-state index in [1.807, 2.05) is 18.2 Å². The maximum atomic E-state index is 12.4. The van der Waals surface area contributed by atoms with Gasteiger partial charge in [0.05, 0.1) is 17.6 Å². The Balaban J connectivity index is 1.92. The smallest absolute Gasteiger partial charge is 0.314 e. The van der Waals surface area contributed by atoms with Crippen molar-refractivity contribution < 1.29 is 19.7 Å². The van der Waals surface area contributed by atoms with Crippen LogP contribution in [0.15, 0.2) is 35.5 Å². The Bertz CT molecular complexity index is 608. The molecule has 3 aliphatic rings. The molecule has 0 aromatic heterocycles. The third-order valence-electron chi connectivity index (χ3n) is 5.77. The van der Waals surface area contributed by atoms with Gasteiger partial charge in [-0.2, -0.15) is 0 Å². The molecule has 2 aliphatic carbocycles. The van der Waals surface area contributed by atoms with Crippen LogP contribution in [-0.2, 0) is 9.53 Å². The van der Waals surface area contributed by atoms with Crippen LogP contribution in [0.25, 0.3) is 0 Å². The first-order valence-electron chi connectivity index (χ1n) is 8.84. The molecule has 1 saturated carbocycles. The molecule has 0 radical (unpaired) electrons. The Hall–Kier alpha value is -1.39. The van der Waals surface area contributed by atoms with E-state index in [1.54, 1.807) is 19.9 Å². The number of aliphatic hydroxyl groups excluding tert-OH is 1. The predicted molar refractivity (Wildman–Crippen MR) is 92.1 cm³/mol. The fourth-order valence-corrected chi connectivity index (χ4v) is 4.25. The number of ether oxygens (including phenoxy) is 1. The van der Waals surface area contributed by atoms with Gasteiger partial charge in [0.25, 0.3) is 0 Å². The van der Waals surface area contributed by atoms with E-state index < -0.39 is 5.60 Å². The van der Waals surface area contributed by atoms with E-state index in [4.69, 9.17) is 4.74 Å². The first kappa shape index (κ1) is 17.4. The fraction of sp³-hybridized carbons (Fsp3) is 0.650. The number of carbonyl (C=O) groups is 1. The van der Waals surface area contributed by atoms with Gasteiger partial charge in [-0.1, -0.05) is 36.8 Å². The highest BCUT2D eigenvalue weighted by Crippen LogP contribution is 2.51. The minimum Gasteiger partial charge on any atom is -0.461 e. The van der Waals surface area contributed by atoms with Gasteiger partial charge in [0.1, 0.15) is 6.61 Å². The van der Waals surface area contributed by atoms with Crippen LogP contribution < -0.4 is 0 Å². The molecule has 24 heavy (non-hydrogen) atoms. The standard InChI is InChI=1S/C20H28O4/c1-19(2,23)9-4-5-14-12-24-18(22)17-13-6-7-16(21)20(3,11-13)10-8-15(14)17/h4-6,9,15-17,21,23H,7-8,10-12H2,1-3H3. The molecule has 4 nitrogen and oxygen atoms in total. The summed E-state index contributed by atoms with van der Waals surface area (Å²) in [4.78, 5) is 12.4. The first-order valence-corrected chi connectivity index (χ1v) is 8.84. The zero-order valence-electron chi connectivity index (χ0n) is 14.8. The molecule has 0 aromatic carbocycles. The molecule has 2 N–H and O–H groups in total. The molecule has 1 heterocycles.